The zero-order valence-corrected chi connectivity index (χ0v) is 20.4. The summed E-state index contributed by atoms with van der Waals surface area (Å²) in [5.74, 6) is 1.00. The van der Waals surface area contributed by atoms with Crippen molar-refractivity contribution in [2.75, 3.05) is 51.7 Å². The Hall–Kier alpha value is -3.65. The predicted molar refractivity (Wildman–Crippen MR) is 138 cm³/mol. The Morgan fingerprint density at radius 2 is 1.77 bits per heavy atom. The number of nitrogens with one attached hydrogen (secondary N) is 2. The number of anilines is 1. The Bertz CT molecular complexity index is 1170. The smallest absolute Gasteiger partial charge is 0.319 e. The van der Waals surface area contributed by atoms with E-state index in [1.165, 1.54) is 0 Å². The number of aromatic nitrogens is 1. The van der Waals surface area contributed by atoms with Crippen molar-refractivity contribution in [3.05, 3.63) is 65.9 Å². The Labute approximate surface area is 206 Å². The van der Waals surface area contributed by atoms with Crippen LogP contribution in [0.15, 0.2) is 54.6 Å². The summed E-state index contributed by atoms with van der Waals surface area (Å²) in [4.78, 5) is 33.8. The van der Waals surface area contributed by atoms with Crippen LogP contribution in [0.3, 0.4) is 0 Å². The van der Waals surface area contributed by atoms with Gasteiger partial charge in [0.15, 0.2) is 0 Å². The van der Waals surface area contributed by atoms with Crippen molar-refractivity contribution >= 4 is 28.5 Å². The van der Waals surface area contributed by atoms with Crippen molar-refractivity contribution in [2.24, 2.45) is 0 Å². The van der Waals surface area contributed by atoms with Gasteiger partial charge in [-0.15, -0.1) is 0 Å². The quantitative estimate of drug-likeness (QED) is 0.521. The minimum Gasteiger partial charge on any atom is -0.496 e. The van der Waals surface area contributed by atoms with Gasteiger partial charge < -0.3 is 20.3 Å². The lowest BCUT2D eigenvalue weighted by Gasteiger charge is -2.34. The molecule has 0 saturated carbocycles. The fraction of sp³-hybridized carbons (Fsp3) is 0.370. The average Bonchev–Trinajstić information content (AvgIpc) is 2.87. The number of carbonyl (C=O) groups excluding carboxylic acids is 2. The van der Waals surface area contributed by atoms with E-state index >= 15 is 0 Å². The summed E-state index contributed by atoms with van der Waals surface area (Å²) < 4.78 is 5.38. The molecule has 0 atom stereocenters. The van der Waals surface area contributed by atoms with Crippen molar-refractivity contribution in [3.8, 4) is 5.75 Å². The van der Waals surface area contributed by atoms with Crippen molar-refractivity contribution in [1.29, 1.82) is 0 Å². The van der Waals surface area contributed by atoms with E-state index in [9.17, 15) is 9.59 Å². The second kappa shape index (κ2) is 11.7. The van der Waals surface area contributed by atoms with Crippen LogP contribution in [-0.4, -0.2) is 73.1 Å². The standard InChI is InChI=1S/C27H33N5O3/c1-20-19-24(22-8-4-5-9-23(22)29-20)30-27(34)28-13-14-31-15-17-32(18-16-31)26(33)12-11-21-7-3-6-10-25(21)35-2/h3-10,19H,11-18H2,1-2H3,(H2,28,29,30,34). The van der Waals surface area contributed by atoms with Crippen LogP contribution < -0.4 is 15.4 Å². The molecule has 1 fully saturated rings. The normalized spacial score (nSPS) is 14.1. The molecule has 1 aliphatic rings. The van der Waals surface area contributed by atoms with Gasteiger partial charge in [-0.2, -0.15) is 0 Å². The van der Waals surface area contributed by atoms with Gasteiger partial charge in [-0.25, -0.2) is 4.79 Å². The Morgan fingerprint density at radius 1 is 1.03 bits per heavy atom. The van der Waals surface area contributed by atoms with Gasteiger partial charge in [0, 0.05) is 56.8 Å². The lowest BCUT2D eigenvalue weighted by atomic mass is 10.1. The van der Waals surface area contributed by atoms with Gasteiger partial charge in [0.25, 0.3) is 0 Å². The topological polar surface area (TPSA) is 86.8 Å². The zero-order valence-electron chi connectivity index (χ0n) is 20.4. The van der Waals surface area contributed by atoms with Gasteiger partial charge in [-0.05, 0) is 37.1 Å². The van der Waals surface area contributed by atoms with Crippen LogP contribution in [-0.2, 0) is 11.2 Å². The van der Waals surface area contributed by atoms with Gasteiger partial charge >= 0.3 is 6.03 Å². The molecular weight excluding hydrogens is 442 g/mol. The number of benzene rings is 2. The molecule has 0 aliphatic carbocycles. The van der Waals surface area contributed by atoms with E-state index in [0.29, 0.717) is 32.5 Å². The monoisotopic (exact) mass is 475 g/mol. The zero-order chi connectivity index (χ0) is 24.6. The molecule has 0 bridgehead atoms. The summed E-state index contributed by atoms with van der Waals surface area (Å²) in [6, 6.07) is 17.2. The number of pyridine rings is 1. The molecule has 1 aromatic heterocycles. The number of nitrogens with zero attached hydrogens (tertiary/aromatic N) is 3. The van der Waals surface area contributed by atoms with Gasteiger partial charge in [-0.1, -0.05) is 36.4 Å². The summed E-state index contributed by atoms with van der Waals surface area (Å²) in [6.07, 6.45) is 1.15. The largest absolute Gasteiger partial charge is 0.496 e. The van der Waals surface area contributed by atoms with Crippen LogP contribution in [0.4, 0.5) is 10.5 Å². The lowest BCUT2D eigenvalue weighted by molar-refractivity contribution is -0.132. The third-order valence-electron chi connectivity index (χ3n) is 6.33. The van der Waals surface area contributed by atoms with E-state index in [4.69, 9.17) is 4.74 Å². The second-order valence-corrected chi connectivity index (χ2v) is 8.74. The molecule has 2 N–H and O–H groups in total. The molecule has 0 unspecified atom stereocenters. The number of urea groups is 1. The van der Waals surface area contributed by atoms with Gasteiger partial charge in [0.1, 0.15) is 5.75 Å². The number of aryl methyl sites for hydroxylation is 2. The van der Waals surface area contributed by atoms with Crippen LogP contribution in [0.1, 0.15) is 17.7 Å². The van der Waals surface area contributed by atoms with E-state index in [1.54, 1.807) is 7.11 Å². The molecule has 2 aromatic carbocycles. The summed E-state index contributed by atoms with van der Waals surface area (Å²) in [5.41, 5.74) is 3.53. The van der Waals surface area contributed by atoms with Crippen LogP contribution in [0.25, 0.3) is 10.9 Å². The lowest BCUT2D eigenvalue weighted by Crippen LogP contribution is -2.50. The first-order valence-corrected chi connectivity index (χ1v) is 12.1. The summed E-state index contributed by atoms with van der Waals surface area (Å²) >= 11 is 0. The maximum Gasteiger partial charge on any atom is 0.319 e. The molecule has 8 heteroatoms. The van der Waals surface area contributed by atoms with Gasteiger partial charge in [-0.3, -0.25) is 14.7 Å². The van der Waals surface area contributed by atoms with Crippen molar-refractivity contribution in [1.82, 2.24) is 20.1 Å². The van der Waals surface area contributed by atoms with Crippen LogP contribution in [0, 0.1) is 6.92 Å². The molecular formula is C27H33N5O3. The maximum absolute atomic E-state index is 12.7. The highest BCUT2D eigenvalue weighted by molar-refractivity contribution is 6.00. The Morgan fingerprint density at radius 3 is 2.57 bits per heavy atom. The minimum absolute atomic E-state index is 0.174. The highest BCUT2D eigenvalue weighted by Crippen LogP contribution is 2.23. The van der Waals surface area contributed by atoms with Crippen molar-refractivity contribution in [3.63, 3.8) is 0 Å². The van der Waals surface area contributed by atoms with E-state index < -0.39 is 0 Å². The Balaban J connectivity index is 1.17. The number of ether oxygens (including phenoxy) is 1. The summed E-state index contributed by atoms with van der Waals surface area (Å²) in [7, 11) is 1.65. The molecule has 4 rings (SSSR count). The Kier molecular flexibility index (Phi) is 8.15. The molecule has 0 spiro atoms. The molecule has 1 saturated heterocycles. The molecule has 184 valence electrons. The third kappa shape index (κ3) is 6.48. The number of rotatable bonds is 8. The molecule has 3 amide bonds. The number of hydrogen-bond acceptors (Lipinski definition) is 5. The highest BCUT2D eigenvalue weighted by atomic mass is 16.5. The second-order valence-electron chi connectivity index (χ2n) is 8.74. The van der Waals surface area contributed by atoms with E-state index in [2.05, 4.69) is 20.5 Å². The first-order chi connectivity index (χ1) is 17.0. The number of fused-ring (bicyclic) bond motifs is 1. The van der Waals surface area contributed by atoms with Crippen molar-refractivity contribution in [2.45, 2.75) is 19.8 Å². The van der Waals surface area contributed by atoms with E-state index in [1.807, 2.05) is 66.4 Å². The number of methoxy groups -OCH3 is 1. The van der Waals surface area contributed by atoms with E-state index in [0.717, 1.165) is 53.2 Å². The average molecular weight is 476 g/mol. The summed E-state index contributed by atoms with van der Waals surface area (Å²) in [6.45, 7) is 6.22. The SMILES string of the molecule is COc1ccccc1CCC(=O)N1CCN(CCNC(=O)Nc2cc(C)nc3ccccc23)CC1. The molecule has 0 radical (unpaired) electrons. The van der Waals surface area contributed by atoms with Crippen LogP contribution in [0.5, 0.6) is 5.75 Å². The number of para-hydroxylation sites is 2. The molecule has 8 nitrogen and oxygen atoms in total. The fourth-order valence-corrected chi connectivity index (χ4v) is 4.44. The predicted octanol–water partition coefficient (Wildman–Crippen LogP) is 3.45. The van der Waals surface area contributed by atoms with Crippen molar-refractivity contribution < 1.29 is 14.3 Å². The summed E-state index contributed by atoms with van der Waals surface area (Å²) in [5, 5.41) is 6.81. The van der Waals surface area contributed by atoms with Crippen LogP contribution >= 0.6 is 0 Å². The minimum atomic E-state index is -0.231. The molecule has 2 heterocycles. The van der Waals surface area contributed by atoms with Gasteiger partial charge in [0.2, 0.25) is 5.91 Å². The number of carbonyl (C=O) groups is 2. The fourth-order valence-electron chi connectivity index (χ4n) is 4.44. The number of hydrogen-bond donors (Lipinski definition) is 2. The van der Waals surface area contributed by atoms with Gasteiger partial charge in [0.05, 0.1) is 18.3 Å². The maximum atomic E-state index is 12.7. The van der Waals surface area contributed by atoms with Crippen LogP contribution in [0.2, 0.25) is 0 Å². The first kappa shape index (κ1) is 24.5. The molecule has 35 heavy (non-hydrogen) atoms. The highest BCUT2D eigenvalue weighted by Gasteiger charge is 2.21. The molecule has 1 aliphatic heterocycles. The number of amides is 3. The van der Waals surface area contributed by atoms with E-state index in [-0.39, 0.29) is 11.9 Å². The third-order valence-corrected chi connectivity index (χ3v) is 6.33. The molecule has 3 aromatic rings. The first-order valence-electron chi connectivity index (χ1n) is 12.1. The number of piperazine rings is 1.